The lowest BCUT2D eigenvalue weighted by Gasteiger charge is -2.04. The number of ether oxygens (including phenoxy) is 1. The average Bonchev–Trinajstić information content (AvgIpc) is 3.29. The molecule has 1 aromatic carbocycles. The van der Waals surface area contributed by atoms with Crippen molar-refractivity contribution in [3.05, 3.63) is 53.8 Å². The van der Waals surface area contributed by atoms with Crippen molar-refractivity contribution in [1.82, 2.24) is 14.5 Å². The standard InChI is InChI=1S/C19H14N4O2S/c20-7-3-8-23-10-15(13-4-1-2-5-16(13)23)17(24)11-25-18-14-6-9-26-19(14)22-12-21-18/h1-2,4-6,9-10,12H,3,8,11H2. The highest BCUT2D eigenvalue weighted by molar-refractivity contribution is 7.16. The number of aryl methyl sites for hydroxylation is 1. The van der Waals surface area contributed by atoms with Gasteiger partial charge in [0.05, 0.1) is 17.9 Å². The Balaban J connectivity index is 1.60. The molecule has 0 amide bonds. The summed E-state index contributed by atoms with van der Waals surface area (Å²) in [6, 6.07) is 11.7. The number of para-hydroxylation sites is 1. The first kappa shape index (κ1) is 16.2. The topological polar surface area (TPSA) is 80.8 Å². The summed E-state index contributed by atoms with van der Waals surface area (Å²) in [7, 11) is 0. The van der Waals surface area contributed by atoms with Crippen molar-refractivity contribution in [3.63, 3.8) is 0 Å². The van der Waals surface area contributed by atoms with Crippen LogP contribution in [-0.4, -0.2) is 26.9 Å². The van der Waals surface area contributed by atoms with Crippen molar-refractivity contribution in [1.29, 1.82) is 5.26 Å². The summed E-state index contributed by atoms with van der Waals surface area (Å²) in [6.07, 6.45) is 3.63. The Morgan fingerprint density at radius 3 is 3.00 bits per heavy atom. The summed E-state index contributed by atoms with van der Waals surface area (Å²) in [5.74, 6) is 0.289. The van der Waals surface area contributed by atoms with Gasteiger partial charge in [-0.2, -0.15) is 5.26 Å². The third kappa shape index (κ3) is 2.91. The highest BCUT2D eigenvalue weighted by atomic mass is 32.1. The van der Waals surface area contributed by atoms with Gasteiger partial charge in [-0.1, -0.05) is 18.2 Å². The van der Waals surface area contributed by atoms with E-state index < -0.39 is 0 Å². The molecule has 0 saturated carbocycles. The summed E-state index contributed by atoms with van der Waals surface area (Å²) in [4.78, 5) is 21.9. The van der Waals surface area contributed by atoms with Crippen LogP contribution < -0.4 is 4.74 Å². The number of fused-ring (bicyclic) bond motifs is 2. The molecule has 3 heterocycles. The van der Waals surface area contributed by atoms with E-state index in [9.17, 15) is 4.79 Å². The van der Waals surface area contributed by atoms with E-state index in [1.807, 2.05) is 40.3 Å². The quantitative estimate of drug-likeness (QED) is 0.487. The zero-order valence-electron chi connectivity index (χ0n) is 13.8. The number of rotatable bonds is 6. The molecule has 0 N–H and O–H groups in total. The number of benzene rings is 1. The molecule has 0 bridgehead atoms. The second-order valence-electron chi connectivity index (χ2n) is 5.69. The zero-order valence-corrected chi connectivity index (χ0v) is 14.6. The molecule has 4 rings (SSSR count). The van der Waals surface area contributed by atoms with E-state index in [0.29, 0.717) is 24.4 Å². The SMILES string of the molecule is N#CCCn1cc(C(=O)COc2ncnc3sccc23)c2ccccc21. The number of hydrogen-bond acceptors (Lipinski definition) is 6. The molecule has 0 fully saturated rings. The molecule has 0 aliphatic rings. The maximum Gasteiger partial charge on any atom is 0.225 e. The van der Waals surface area contributed by atoms with Gasteiger partial charge < -0.3 is 9.30 Å². The van der Waals surface area contributed by atoms with Crippen LogP contribution in [0.3, 0.4) is 0 Å². The maximum absolute atomic E-state index is 12.7. The first-order chi connectivity index (χ1) is 12.8. The third-order valence-electron chi connectivity index (χ3n) is 4.12. The predicted molar refractivity (Wildman–Crippen MR) is 99.4 cm³/mol. The summed E-state index contributed by atoms with van der Waals surface area (Å²) in [6.45, 7) is 0.445. The van der Waals surface area contributed by atoms with Crippen molar-refractivity contribution in [2.45, 2.75) is 13.0 Å². The van der Waals surface area contributed by atoms with Crippen molar-refractivity contribution < 1.29 is 9.53 Å². The lowest BCUT2D eigenvalue weighted by molar-refractivity contribution is 0.0920. The Morgan fingerprint density at radius 2 is 2.12 bits per heavy atom. The Labute approximate surface area is 153 Å². The van der Waals surface area contributed by atoms with Gasteiger partial charge in [0.2, 0.25) is 11.7 Å². The molecule has 0 aliphatic carbocycles. The van der Waals surface area contributed by atoms with Crippen molar-refractivity contribution >= 4 is 38.2 Å². The molecule has 6 nitrogen and oxygen atoms in total. The van der Waals surface area contributed by atoms with Crippen LogP contribution in [0.4, 0.5) is 0 Å². The van der Waals surface area contributed by atoms with Gasteiger partial charge in [0, 0.05) is 29.2 Å². The summed E-state index contributed by atoms with van der Waals surface area (Å²) >= 11 is 1.50. The molecule has 7 heteroatoms. The third-order valence-corrected chi connectivity index (χ3v) is 4.94. The molecule has 4 aromatic rings. The molecule has 128 valence electrons. The highest BCUT2D eigenvalue weighted by Crippen LogP contribution is 2.26. The number of Topliss-reactive ketones (excluding diaryl/α,β-unsaturated/α-hetero) is 1. The fraction of sp³-hybridized carbons (Fsp3) is 0.158. The monoisotopic (exact) mass is 362 g/mol. The number of carbonyl (C=O) groups excluding carboxylic acids is 1. The fourth-order valence-electron chi connectivity index (χ4n) is 2.92. The first-order valence-electron chi connectivity index (χ1n) is 8.07. The lowest BCUT2D eigenvalue weighted by atomic mass is 10.1. The maximum atomic E-state index is 12.7. The number of ketones is 1. The van der Waals surface area contributed by atoms with Crippen LogP contribution >= 0.6 is 11.3 Å². The molecule has 0 unspecified atom stereocenters. The molecule has 0 radical (unpaired) electrons. The largest absolute Gasteiger partial charge is 0.469 e. The van der Waals surface area contributed by atoms with Crippen LogP contribution in [0.2, 0.25) is 0 Å². The van der Waals surface area contributed by atoms with Crippen molar-refractivity contribution in [2.24, 2.45) is 0 Å². The van der Waals surface area contributed by atoms with E-state index in [1.54, 1.807) is 6.20 Å². The van der Waals surface area contributed by atoms with Gasteiger partial charge in [-0.25, -0.2) is 9.97 Å². The van der Waals surface area contributed by atoms with Crippen LogP contribution in [0, 0.1) is 11.3 Å². The van der Waals surface area contributed by atoms with Crippen LogP contribution in [0.1, 0.15) is 16.8 Å². The summed E-state index contributed by atoms with van der Waals surface area (Å²) in [5.41, 5.74) is 1.53. The van der Waals surface area contributed by atoms with Gasteiger partial charge in [0.1, 0.15) is 11.2 Å². The minimum Gasteiger partial charge on any atom is -0.469 e. The molecule has 0 spiro atoms. The normalized spacial score (nSPS) is 10.9. The second kappa shape index (κ2) is 6.94. The van der Waals surface area contributed by atoms with E-state index in [1.165, 1.54) is 17.7 Å². The van der Waals surface area contributed by atoms with Crippen LogP contribution in [0.5, 0.6) is 5.88 Å². The highest BCUT2D eigenvalue weighted by Gasteiger charge is 2.16. The van der Waals surface area contributed by atoms with Crippen LogP contribution in [0.15, 0.2) is 48.2 Å². The lowest BCUT2D eigenvalue weighted by Crippen LogP contribution is -2.12. The van der Waals surface area contributed by atoms with Gasteiger partial charge in [-0.3, -0.25) is 4.79 Å². The number of nitriles is 1. The van der Waals surface area contributed by atoms with E-state index in [2.05, 4.69) is 16.0 Å². The van der Waals surface area contributed by atoms with Gasteiger partial charge in [0.15, 0.2) is 6.61 Å². The smallest absolute Gasteiger partial charge is 0.225 e. The van der Waals surface area contributed by atoms with Crippen LogP contribution in [-0.2, 0) is 6.54 Å². The molecular weight excluding hydrogens is 348 g/mol. The van der Waals surface area contributed by atoms with Gasteiger partial charge in [0.25, 0.3) is 0 Å². The fourth-order valence-corrected chi connectivity index (χ4v) is 3.64. The number of carbonyl (C=O) groups is 1. The molecule has 0 aliphatic heterocycles. The van der Waals surface area contributed by atoms with E-state index in [4.69, 9.17) is 10.00 Å². The minimum absolute atomic E-state index is 0.103. The van der Waals surface area contributed by atoms with Crippen molar-refractivity contribution in [2.75, 3.05) is 6.61 Å². The Bertz CT molecular complexity index is 1140. The van der Waals surface area contributed by atoms with Crippen molar-refractivity contribution in [3.8, 4) is 11.9 Å². The van der Waals surface area contributed by atoms with E-state index in [-0.39, 0.29) is 12.4 Å². The Morgan fingerprint density at radius 1 is 1.23 bits per heavy atom. The molecular formula is C19H14N4O2S. The zero-order chi connectivity index (χ0) is 17.9. The average molecular weight is 362 g/mol. The molecule has 26 heavy (non-hydrogen) atoms. The van der Waals surface area contributed by atoms with Gasteiger partial charge >= 0.3 is 0 Å². The summed E-state index contributed by atoms with van der Waals surface area (Å²) in [5, 5.41) is 12.4. The first-order valence-corrected chi connectivity index (χ1v) is 8.95. The summed E-state index contributed by atoms with van der Waals surface area (Å²) < 4.78 is 7.62. The number of hydrogen-bond donors (Lipinski definition) is 0. The van der Waals surface area contributed by atoms with E-state index in [0.717, 1.165) is 21.1 Å². The molecule has 0 atom stereocenters. The molecule has 3 aromatic heterocycles. The predicted octanol–water partition coefficient (Wildman–Crippen LogP) is 3.82. The molecule has 0 saturated heterocycles. The second-order valence-corrected chi connectivity index (χ2v) is 6.59. The van der Waals surface area contributed by atoms with Gasteiger partial charge in [-0.15, -0.1) is 11.3 Å². The number of nitrogens with zero attached hydrogens (tertiary/aromatic N) is 4. The number of aromatic nitrogens is 3. The minimum atomic E-state index is -0.126. The Kier molecular flexibility index (Phi) is 4.33. The van der Waals surface area contributed by atoms with E-state index >= 15 is 0 Å². The van der Waals surface area contributed by atoms with Gasteiger partial charge in [-0.05, 0) is 17.5 Å². The van der Waals surface area contributed by atoms with Crippen LogP contribution in [0.25, 0.3) is 21.1 Å². The Hall–Kier alpha value is -3.24. The number of thiophene rings is 1.